The Morgan fingerprint density at radius 2 is 2.11 bits per heavy atom. The predicted molar refractivity (Wildman–Crippen MR) is 72.9 cm³/mol. The van der Waals surface area contributed by atoms with E-state index in [4.69, 9.17) is 21.6 Å². The minimum atomic E-state index is -0.590. The summed E-state index contributed by atoms with van der Waals surface area (Å²) in [5.74, 6) is -0.129. The molecular weight excluding hydrogens is 335 g/mol. The summed E-state index contributed by atoms with van der Waals surface area (Å²) in [7, 11) is 0. The molecule has 0 aliphatic heterocycles. The van der Waals surface area contributed by atoms with Gasteiger partial charge >= 0.3 is 0 Å². The molecule has 2 aromatic rings. The molecule has 2 rings (SSSR count). The number of ether oxygens (including phenoxy) is 1. The molecule has 3 nitrogen and oxygen atoms in total. The maximum Gasteiger partial charge on any atom is 0.220 e. The van der Waals surface area contributed by atoms with Crippen molar-refractivity contribution in [2.24, 2.45) is 0 Å². The van der Waals surface area contributed by atoms with Gasteiger partial charge in [0.2, 0.25) is 5.88 Å². The number of aryl methyl sites for hydroxylation is 1. The molecule has 1 aromatic carbocycles. The van der Waals surface area contributed by atoms with Gasteiger partial charge in [-0.15, -0.1) is 0 Å². The first-order valence-corrected chi connectivity index (χ1v) is 6.38. The van der Waals surface area contributed by atoms with Crippen LogP contribution in [0.1, 0.15) is 11.3 Å². The molecule has 0 atom stereocenters. The zero-order chi connectivity index (χ0) is 14.0. The van der Waals surface area contributed by atoms with Crippen molar-refractivity contribution in [3.63, 3.8) is 0 Å². The first-order chi connectivity index (χ1) is 8.99. The van der Waals surface area contributed by atoms with Gasteiger partial charge in [-0.1, -0.05) is 11.6 Å². The average Bonchev–Trinajstić information content (AvgIpc) is 2.35. The smallest absolute Gasteiger partial charge is 0.220 e. The Balaban J connectivity index is 2.39. The number of hydrogen-bond acceptors (Lipinski definition) is 3. The van der Waals surface area contributed by atoms with Crippen LogP contribution < -0.4 is 4.74 Å². The second-order valence-corrected chi connectivity index (χ2v) is 5.01. The molecule has 1 heterocycles. The fraction of sp³-hybridized carbons (Fsp3) is 0.0769. The molecule has 6 heteroatoms. The molecule has 0 saturated carbocycles. The summed E-state index contributed by atoms with van der Waals surface area (Å²) in [5.41, 5.74) is 1.06. The molecule has 0 radical (unpaired) electrons. The number of nitriles is 1. The van der Waals surface area contributed by atoms with Gasteiger partial charge in [0.05, 0.1) is 21.1 Å². The fourth-order valence-electron chi connectivity index (χ4n) is 1.45. The highest BCUT2D eigenvalue weighted by molar-refractivity contribution is 9.10. The van der Waals surface area contributed by atoms with E-state index in [1.54, 1.807) is 13.0 Å². The van der Waals surface area contributed by atoms with E-state index in [2.05, 4.69) is 20.9 Å². The zero-order valence-electron chi connectivity index (χ0n) is 9.75. The summed E-state index contributed by atoms with van der Waals surface area (Å²) in [6.45, 7) is 1.74. The van der Waals surface area contributed by atoms with Crippen molar-refractivity contribution in [2.45, 2.75) is 6.92 Å². The standard InChI is InChI=1S/C13H7BrClFN2O/c1-7-2-8(6-17)3-13(18-7)19-12-5-11(16)10(15)4-9(12)14/h2-5H,1H3. The minimum Gasteiger partial charge on any atom is -0.438 e. The lowest BCUT2D eigenvalue weighted by Gasteiger charge is -2.08. The van der Waals surface area contributed by atoms with Crippen LogP contribution in [0.4, 0.5) is 4.39 Å². The number of rotatable bonds is 2. The Kier molecular flexibility index (Phi) is 4.03. The summed E-state index contributed by atoms with van der Waals surface area (Å²) in [6, 6.07) is 7.66. The van der Waals surface area contributed by atoms with Crippen LogP contribution in [-0.2, 0) is 0 Å². The Bertz CT molecular complexity index is 685. The van der Waals surface area contributed by atoms with Crippen molar-refractivity contribution in [1.82, 2.24) is 4.98 Å². The molecule has 0 unspecified atom stereocenters. The molecule has 19 heavy (non-hydrogen) atoms. The van der Waals surface area contributed by atoms with Gasteiger partial charge < -0.3 is 4.74 Å². The maximum atomic E-state index is 13.4. The predicted octanol–water partition coefficient (Wildman–Crippen LogP) is 4.61. The van der Waals surface area contributed by atoms with E-state index in [0.717, 1.165) is 6.07 Å². The Morgan fingerprint density at radius 3 is 2.79 bits per heavy atom. The van der Waals surface area contributed by atoms with Crippen LogP contribution in [0.5, 0.6) is 11.6 Å². The SMILES string of the molecule is Cc1cc(C#N)cc(Oc2cc(F)c(Cl)cc2Br)n1. The first kappa shape index (κ1) is 13.8. The topological polar surface area (TPSA) is 45.9 Å². The van der Waals surface area contributed by atoms with Gasteiger partial charge in [0.25, 0.3) is 0 Å². The number of benzene rings is 1. The third kappa shape index (κ3) is 3.22. The van der Waals surface area contributed by atoms with Crippen LogP contribution in [0.25, 0.3) is 0 Å². The van der Waals surface area contributed by atoms with Crippen molar-refractivity contribution in [2.75, 3.05) is 0 Å². The van der Waals surface area contributed by atoms with E-state index in [1.165, 1.54) is 12.1 Å². The zero-order valence-corrected chi connectivity index (χ0v) is 12.1. The number of halogens is 3. The number of pyridine rings is 1. The quantitative estimate of drug-likeness (QED) is 0.749. The highest BCUT2D eigenvalue weighted by Crippen LogP contribution is 2.33. The molecule has 0 aliphatic carbocycles. The average molecular weight is 342 g/mol. The van der Waals surface area contributed by atoms with Gasteiger partial charge in [-0.2, -0.15) is 5.26 Å². The second-order valence-electron chi connectivity index (χ2n) is 3.75. The highest BCUT2D eigenvalue weighted by atomic mass is 79.9. The largest absolute Gasteiger partial charge is 0.438 e. The van der Waals surface area contributed by atoms with Crippen molar-refractivity contribution >= 4 is 27.5 Å². The van der Waals surface area contributed by atoms with E-state index < -0.39 is 5.82 Å². The van der Waals surface area contributed by atoms with Gasteiger partial charge in [-0.05, 0) is 35.0 Å². The molecule has 0 aliphatic rings. The normalized spacial score (nSPS) is 10.1. The molecule has 96 valence electrons. The van der Waals surface area contributed by atoms with Gasteiger partial charge in [0.1, 0.15) is 11.6 Å². The molecule has 0 N–H and O–H groups in total. The Labute approximate surface area is 122 Å². The summed E-state index contributed by atoms with van der Waals surface area (Å²) in [5, 5.41) is 8.86. The van der Waals surface area contributed by atoms with Crippen molar-refractivity contribution in [3.8, 4) is 17.7 Å². The van der Waals surface area contributed by atoms with Gasteiger partial charge in [-0.3, -0.25) is 0 Å². The second kappa shape index (κ2) is 5.55. The van der Waals surface area contributed by atoms with E-state index in [1.807, 2.05) is 6.07 Å². The van der Waals surface area contributed by atoms with Crippen LogP contribution in [-0.4, -0.2) is 4.98 Å². The molecule has 0 amide bonds. The molecular formula is C13H7BrClFN2O. The summed E-state index contributed by atoms with van der Waals surface area (Å²) >= 11 is 8.87. The Morgan fingerprint density at radius 1 is 1.37 bits per heavy atom. The van der Waals surface area contributed by atoms with Crippen LogP contribution in [0, 0.1) is 24.1 Å². The van der Waals surface area contributed by atoms with Crippen LogP contribution >= 0.6 is 27.5 Å². The lowest BCUT2D eigenvalue weighted by Crippen LogP contribution is -1.93. The van der Waals surface area contributed by atoms with Crippen LogP contribution in [0.3, 0.4) is 0 Å². The molecule has 1 aromatic heterocycles. The third-order valence-electron chi connectivity index (χ3n) is 2.25. The number of nitrogens with zero attached hydrogens (tertiary/aromatic N) is 2. The fourth-order valence-corrected chi connectivity index (χ4v) is 2.17. The summed E-state index contributed by atoms with van der Waals surface area (Å²) in [6.07, 6.45) is 0. The molecule has 0 bridgehead atoms. The number of aromatic nitrogens is 1. The maximum absolute atomic E-state index is 13.4. The van der Waals surface area contributed by atoms with Gasteiger partial charge in [-0.25, -0.2) is 9.37 Å². The molecule has 0 saturated heterocycles. The van der Waals surface area contributed by atoms with Crippen molar-refractivity contribution < 1.29 is 9.13 Å². The minimum absolute atomic E-state index is 0.00543. The van der Waals surface area contributed by atoms with Gasteiger partial charge in [0, 0.05) is 17.8 Å². The highest BCUT2D eigenvalue weighted by Gasteiger charge is 2.10. The first-order valence-electron chi connectivity index (χ1n) is 5.21. The monoisotopic (exact) mass is 340 g/mol. The van der Waals surface area contributed by atoms with E-state index in [-0.39, 0.29) is 16.7 Å². The number of hydrogen-bond donors (Lipinski definition) is 0. The lowest BCUT2D eigenvalue weighted by atomic mass is 10.2. The Hall–Kier alpha value is -1.64. The van der Waals surface area contributed by atoms with Crippen LogP contribution in [0.15, 0.2) is 28.7 Å². The third-order valence-corrected chi connectivity index (χ3v) is 3.16. The van der Waals surface area contributed by atoms with Crippen molar-refractivity contribution in [1.29, 1.82) is 5.26 Å². The molecule has 0 fully saturated rings. The summed E-state index contributed by atoms with van der Waals surface area (Å²) in [4.78, 5) is 4.12. The van der Waals surface area contributed by atoms with E-state index in [9.17, 15) is 4.39 Å². The van der Waals surface area contributed by atoms with Gasteiger partial charge in [0.15, 0.2) is 0 Å². The van der Waals surface area contributed by atoms with E-state index in [0.29, 0.717) is 15.7 Å². The lowest BCUT2D eigenvalue weighted by molar-refractivity contribution is 0.454. The summed E-state index contributed by atoms with van der Waals surface area (Å²) < 4.78 is 19.3. The van der Waals surface area contributed by atoms with Crippen molar-refractivity contribution in [3.05, 3.63) is 50.8 Å². The van der Waals surface area contributed by atoms with Crippen LogP contribution in [0.2, 0.25) is 5.02 Å². The molecule has 0 spiro atoms. The van der Waals surface area contributed by atoms with E-state index >= 15 is 0 Å².